The van der Waals surface area contributed by atoms with Gasteiger partial charge in [-0.3, -0.25) is 0 Å². The fourth-order valence-corrected chi connectivity index (χ4v) is 3.03. The van der Waals surface area contributed by atoms with Gasteiger partial charge in [-0.05, 0) is 24.1 Å². The number of thiophene rings is 1. The fraction of sp³-hybridized carbons (Fsp3) is 0.231. The predicted molar refractivity (Wildman–Crippen MR) is 69.3 cm³/mol. The van der Waals surface area contributed by atoms with Crippen LogP contribution in [0.1, 0.15) is 22.8 Å². The lowest BCUT2D eigenvalue weighted by molar-refractivity contribution is 0.282. The summed E-state index contributed by atoms with van der Waals surface area (Å²) in [5, 5.41) is 9.14. The van der Waals surface area contributed by atoms with Crippen molar-refractivity contribution in [2.75, 3.05) is 6.61 Å². The van der Waals surface area contributed by atoms with Gasteiger partial charge in [0.05, 0.1) is 4.34 Å². The van der Waals surface area contributed by atoms with Crippen LogP contribution in [0.15, 0.2) is 42.5 Å². The summed E-state index contributed by atoms with van der Waals surface area (Å²) in [6.07, 6.45) is 0.737. The molecule has 0 fully saturated rings. The summed E-state index contributed by atoms with van der Waals surface area (Å²) in [6.45, 7) is 0.190. The van der Waals surface area contributed by atoms with E-state index in [1.165, 1.54) is 10.4 Å². The van der Waals surface area contributed by atoms with Crippen LogP contribution in [-0.2, 0) is 0 Å². The lowest BCUT2D eigenvalue weighted by Crippen LogP contribution is -2.01. The molecule has 1 unspecified atom stereocenters. The highest BCUT2D eigenvalue weighted by Gasteiger charge is 2.15. The van der Waals surface area contributed by atoms with Crippen LogP contribution in [0.5, 0.6) is 0 Å². The van der Waals surface area contributed by atoms with Crippen LogP contribution in [0.25, 0.3) is 0 Å². The Morgan fingerprint density at radius 1 is 1.12 bits per heavy atom. The highest BCUT2D eigenvalue weighted by atomic mass is 35.5. The zero-order chi connectivity index (χ0) is 11.4. The van der Waals surface area contributed by atoms with E-state index in [9.17, 15) is 0 Å². The first-order valence-corrected chi connectivity index (χ1v) is 6.41. The molecule has 1 nitrogen and oxygen atoms in total. The molecule has 1 aromatic carbocycles. The number of hydrogen-bond acceptors (Lipinski definition) is 2. The van der Waals surface area contributed by atoms with Gasteiger partial charge in [-0.2, -0.15) is 0 Å². The maximum atomic E-state index is 9.14. The van der Waals surface area contributed by atoms with Gasteiger partial charge in [-0.25, -0.2) is 0 Å². The molecule has 0 aliphatic carbocycles. The zero-order valence-electron chi connectivity index (χ0n) is 8.77. The Morgan fingerprint density at radius 2 is 1.88 bits per heavy atom. The van der Waals surface area contributed by atoms with Crippen molar-refractivity contribution in [3.63, 3.8) is 0 Å². The molecule has 3 heteroatoms. The second-order valence-corrected chi connectivity index (χ2v) is 5.36. The smallest absolute Gasteiger partial charge is 0.0931 e. The van der Waals surface area contributed by atoms with Crippen molar-refractivity contribution in [3.8, 4) is 0 Å². The van der Waals surface area contributed by atoms with Gasteiger partial charge in [0.2, 0.25) is 0 Å². The molecule has 1 atom stereocenters. The largest absolute Gasteiger partial charge is 0.396 e. The molecule has 84 valence electrons. The summed E-state index contributed by atoms with van der Waals surface area (Å²) >= 11 is 7.53. The van der Waals surface area contributed by atoms with Crippen molar-refractivity contribution in [2.45, 2.75) is 12.3 Å². The van der Waals surface area contributed by atoms with E-state index in [1.807, 2.05) is 30.3 Å². The Bertz CT molecular complexity index is 438. The van der Waals surface area contributed by atoms with Gasteiger partial charge in [0.25, 0.3) is 0 Å². The summed E-state index contributed by atoms with van der Waals surface area (Å²) in [7, 11) is 0. The molecule has 0 bridgehead atoms. The second kappa shape index (κ2) is 5.48. The average Bonchev–Trinajstić information content (AvgIpc) is 2.74. The van der Waals surface area contributed by atoms with Gasteiger partial charge >= 0.3 is 0 Å². The summed E-state index contributed by atoms with van der Waals surface area (Å²) in [4.78, 5) is 1.21. The number of benzene rings is 1. The van der Waals surface area contributed by atoms with Gasteiger partial charge in [0, 0.05) is 17.4 Å². The highest BCUT2D eigenvalue weighted by Crippen LogP contribution is 2.34. The van der Waals surface area contributed by atoms with Gasteiger partial charge in [0.1, 0.15) is 0 Å². The van der Waals surface area contributed by atoms with Crippen LogP contribution >= 0.6 is 22.9 Å². The van der Waals surface area contributed by atoms with Crippen molar-refractivity contribution in [1.82, 2.24) is 0 Å². The van der Waals surface area contributed by atoms with E-state index >= 15 is 0 Å². The van der Waals surface area contributed by atoms with Crippen molar-refractivity contribution < 1.29 is 5.11 Å². The van der Waals surface area contributed by atoms with Gasteiger partial charge < -0.3 is 5.11 Å². The molecular weight excluding hydrogens is 240 g/mol. The van der Waals surface area contributed by atoms with Crippen LogP contribution in [0.2, 0.25) is 4.34 Å². The number of rotatable bonds is 4. The molecule has 2 rings (SSSR count). The van der Waals surface area contributed by atoms with Crippen LogP contribution in [0.4, 0.5) is 0 Å². The van der Waals surface area contributed by atoms with E-state index < -0.39 is 0 Å². The first-order chi connectivity index (χ1) is 7.81. The molecule has 0 amide bonds. The molecule has 0 saturated carbocycles. The molecule has 0 aliphatic heterocycles. The van der Waals surface area contributed by atoms with E-state index in [4.69, 9.17) is 16.7 Å². The van der Waals surface area contributed by atoms with Crippen LogP contribution in [0.3, 0.4) is 0 Å². The first kappa shape index (κ1) is 11.6. The fourth-order valence-electron chi connectivity index (χ4n) is 1.80. The van der Waals surface area contributed by atoms with Crippen molar-refractivity contribution in [3.05, 3.63) is 57.2 Å². The molecule has 1 heterocycles. The molecule has 16 heavy (non-hydrogen) atoms. The van der Waals surface area contributed by atoms with Crippen LogP contribution in [0, 0.1) is 0 Å². The third-order valence-corrected chi connectivity index (χ3v) is 3.90. The first-order valence-electron chi connectivity index (χ1n) is 5.22. The topological polar surface area (TPSA) is 20.2 Å². The maximum absolute atomic E-state index is 9.14. The van der Waals surface area contributed by atoms with Crippen molar-refractivity contribution in [1.29, 1.82) is 0 Å². The molecule has 1 N–H and O–H groups in total. The number of halogens is 1. The quantitative estimate of drug-likeness (QED) is 0.875. The lowest BCUT2D eigenvalue weighted by atomic mass is 9.94. The number of aliphatic hydroxyl groups excluding tert-OH is 1. The van der Waals surface area contributed by atoms with Gasteiger partial charge in [-0.15, -0.1) is 11.3 Å². The van der Waals surface area contributed by atoms with E-state index in [1.54, 1.807) is 11.3 Å². The zero-order valence-corrected chi connectivity index (χ0v) is 10.3. The molecule has 0 aliphatic rings. The average molecular weight is 253 g/mol. The molecule has 0 spiro atoms. The van der Waals surface area contributed by atoms with Crippen molar-refractivity contribution in [2.24, 2.45) is 0 Å². The minimum Gasteiger partial charge on any atom is -0.396 e. The minimum atomic E-state index is 0.190. The monoisotopic (exact) mass is 252 g/mol. The summed E-state index contributed by atoms with van der Waals surface area (Å²) in [6, 6.07) is 14.2. The Labute approximate surface area is 104 Å². The second-order valence-electron chi connectivity index (χ2n) is 3.62. The minimum absolute atomic E-state index is 0.190. The van der Waals surface area contributed by atoms with E-state index in [-0.39, 0.29) is 12.5 Å². The van der Waals surface area contributed by atoms with Crippen molar-refractivity contribution >= 4 is 22.9 Å². The van der Waals surface area contributed by atoms with Crippen LogP contribution in [-0.4, -0.2) is 11.7 Å². The number of hydrogen-bond donors (Lipinski definition) is 1. The Kier molecular flexibility index (Phi) is 3.99. The molecule has 2 aromatic rings. The van der Waals surface area contributed by atoms with E-state index in [0.29, 0.717) is 0 Å². The van der Waals surface area contributed by atoms with E-state index in [2.05, 4.69) is 12.1 Å². The molecule has 0 radical (unpaired) electrons. The summed E-state index contributed by atoms with van der Waals surface area (Å²) in [5.41, 5.74) is 1.23. The Hall–Kier alpha value is -0.830. The molecule has 0 saturated heterocycles. The van der Waals surface area contributed by atoms with E-state index in [0.717, 1.165) is 10.8 Å². The maximum Gasteiger partial charge on any atom is 0.0931 e. The third kappa shape index (κ3) is 2.64. The summed E-state index contributed by atoms with van der Waals surface area (Å²) < 4.78 is 0.800. The molecular formula is C13H13ClOS. The van der Waals surface area contributed by atoms with Crippen LogP contribution < -0.4 is 0 Å². The Balaban J connectivity index is 2.31. The molecule has 1 aromatic heterocycles. The summed E-state index contributed by atoms with van der Waals surface area (Å²) in [5.74, 6) is 0.253. The number of aliphatic hydroxyl groups is 1. The van der Waals surface area contributed by atoms with Gasteiger partial charge in [-0.1, -0.05) is 41.9 Å². The predicted octanol–water partition coefficient (Wildman–Crippen LogP) is 3.92. The third-order valence-electron chi connectivity index (χ3n) is 2.56. The SMILES string of the molecule is OCCC(c1ccccc1)c1ccc(Cl)s1. The normalized spacial score (nSPS) is 12.6. The highest BCUT2D eigenvalue weighted by molar-refractivity contribution is 7.16. The standard InChI is InChI=1S/C13H13ClOS/c14-13-7-6-12(16-13)11(8-9-15)10-4-2-1-3-5-10/h1-7,11,15H,8-9H2. The lowest BCUT2D eigenvalue weighted by Gasteiger charge is -2.14. The Morgan fingerprint density at radius 3 is 2.44 bits per heavy atom. The van der Waals surface area contributed by atoms with Gasteiger partial charge in [0.15, 0.2) is 0 Å².